The van der Waals surface area contributed by atoms with Gasteiger partial charge in [-0.3, -0.25) is 0 Å². The van der Waals surface area contributed by atoms with Crippen molar-refractivity contribution in [3.63, 3.8) is 0 Å². The van der Waals surface area contributed by atoms with E-state index in [0.29, 0.717) is 6.42 Å². The van der Waals surface area contributed by atoms with Crippen LogP contribution in [0.2, 0.25) is 0 Å². The van der Waals surface area contributed by atoms with Gasteiger partial charge in [0.05, 0.1) is 17.6 Å². The molecule has 0 saturated heterocycles. The molecule has 0 aliphatic rings. The average molecular weight is 225 g/mol. The van der Waals surface area contributed by atoms with Crippen LogP contribution in [0.4, 0.5) is 8.78 Å². The van der Waals surface area contributed by atoms with Crippen molar-refractivity contribution in [1.82, 2.24) is 0 Å². The number of nitrogens with zero attached hydrogens (tertiary/aromatic N) is 1. The van der Waals surface area contributed by atoms with Crippen LogP contribution in [0.15, 0.2) is 18.2 Å². The van der Waals surface area contributed by atoms with Crippen molar-refractivity contribution in [2.45, 2.75) is 26.4 Å². The second kappa shape index (κ2) is 4.58. The number of hydrogen-bond acceptors (Lipinski definition) is 2. The highest BCUT2D eigenvalue weighted by Crippen LogP contribution is 2.36. The van der Waals surface area contributed by atoms with E-state index >= 15 is 0 Å². The van der Waals surface area contributed by atoms with Crippen LogP contribution in [0.3, 0.4) is 0 Å². The smallest absolute Gasteiger partial charge is 0.126 e. The molecule has 86 valence electrons. The number of benzene rings is 1. The van der Waals surface area contributed by atoms with E-state index in [9.17, 15) is 13.9 Å². The Kier molecular flexibility index (Phi) is 3.61. The van der Waals surface area contributed by atoms with E-state index in [1.165, 1.54) is 0 Å². The van der Waals surface area contributed by atoms with Gasteiger partial charge < -0.3 is 5.11 Å². The van der Waals surface area contributed by atoms with Crippen LogP contribution >= 0.6 is 0 Å². The van der Waals surface area contributed by atoms with Gasteiger partial charge in [0.25, 0.3) is 0 Å². The molecule has 4 heteroatoms. The van der Waals surface area contributed by atoms with E-state index < -0.39 is 23.2 Å². The van der Waals surface area contributed by atoms with Crippen LogP contribution in [0.5, 0.6) is 0 Å². The zero-order valence-electron chi connectivity index (χ0n) is 9.17. The van der Waals surface area contributed by atoms with Gasteiger partial charge in [-0.2, -0.15) is 5.26 Å². The highest BCUT2D eigenvalue weighted by atomic mass is 19.1. The third-order valence-corrected chi connectivity index (χ3v) is 2.79. The minimum Gasteiger partial charge on any atom is -0.387 e. The summed E-state index contributed by atoms with van der Waals surface area (Å²) in [5.41, 5.74) is -0.955. The third-order valence-electron chi connectivity index (χ3n) is 2.79. The van der Waals surface area contributed by atoms with Gasteiger partial charge in [-0.25, -0.2) is 8.78 Å². The molecule has 1 N–H and O–H groups in total. The molecular weight excluding hydrogens is 212 g/mol. The van der Waals surface area contributed by atoms with Crippen molar-refractivity contribution in [3.05, 3.63) is 35.4 Å². The largest absolute Gasteiger partial charge is 0.387 e. The van der Waals surface area contributed by atoms with Crippen LogP contribution in [0, 0.1) is 28.4 Å². The predicted octanol–water partition coefficient (Wildman–Crippen LogP) is 2.94. The average Bonchev–Trinajstić information content (AvgIpc) is 2.25. The summed E-state index contributed by atoms with van der Waals surface area (Å²) >= 11 is 0. The van der Waals surface area contributed by atoms with Crippen LogP contribution in [-0.4, -0.2) is 5.11 Å². The molecule has 2 atom stereocenters. The number of aliphatic hydroxyl groups excluding tert-OH is 1. The van der Waals surface area contributed by atoms with Gasteiger partial charge in [-0.05, 0) is 31.0 Å². The van der Waals surface area contributed by atoms with E-state index in [0.717, 1.165) is 18.2 Å². The van der Waals surface area contributed by atoms with Gasteiger partial charge in [0.1, 0.15) is 11.6 Å². The summed E-state index contributed by atoms with van der Waals surface area (Å²) in [5.74, 6) is -1.52. The molecule has 0 spiro atoms. The van der Waals surface area contributed by atoms with Crippen molar-refractivity contribution in [2.75, 3.05) is 0 Å². The van der Waals surface area contributed by atoms with Gasteiger partial charge in [-0.15, -0.1) is 0 Å². The van der Waals surface area contributed by atoms with Crippen LogP contribution in [0.25, 0.3) is 0 Å². The highest BCUT2D eigenvalue weighted by Gasteiger charge is 2.32. The Morgan fingerprint density at radius 3 is 2.25 bits per heavy atom. The summed E-state index contributed by atoms with van der Waals surface area (Å²) < 4.78 is 25.9. The number of nitriles is 1. The highest BCUT2D eigenvalue weighted by molar-refractivity contribution is 5.24. The molecule has 0 aliphatic carbocycles. The van der Waals surface area contributed by atoms with Gasteiger partial charge in [-0.1, -0.05) is 6.92 Å². The van der Waals surface area contributed by atoms with Crippen molar-refractivity contribution in [2.24, 2.45) is 5.41 Å². The lowest BCUT2D eigenvalue weighted by Crippen LogP contribution is -2.23. The van der Waals surface area contributed by atoms with Crippen molar-refractivity contribution in [3.8, 4) is 6.07 Å². The quantitative estimate of drug-likeness (QED) is 0.859. The van der Waals surface area contributed by atoms with Crippen molar-refractivity contribution >= 4 is 0 Å². The fourth-order valence-corrected chi connectivity index (χ4v) is 1.43. The van der Waals surface area contributed by atoms with Crippen molar-refractivity contribution < 1.29 is 13.9 Å². The molecule has 1 aromatic rings. The summed E-state index contributed by atoms with van der Waals surface area (Å²) in [6.07, 6.45) is -0.810. The first-order valence-corrected chi connectivity index (χ1v) is 4.98. The monoisotopic (exact) mass is 225 g/mol. The Hall–Kier alpha value is -1.47. The third kappa shape index (κ3) is 2.37. The molecule has 0 saturated carbocycles. The maximum absolute atomic E-state index is 13.0. The molecule has 0 amide bonds. The number of rotatable bonds is 3. The maximum atomic E-state index is 13.0. The summed E-state index contributed by atoms with van der Waals surface area (Å²) in [5, 5.41) is 18.9. The van der Waals surface area contributed by atoms with E-state index in [-0.39, 0.29) is 5.56 Å². The van der Waals surface area contributed by atoms with Gasteiger partial charge >= 0.3 is 0 Å². The molecule has 2 nitrogen and oxygen atoms in total. The fourth-order valence-electron chi connectivity index (χ4n) is 1.43. The standard InChI is InChI=1S/C12H13F2NO/c1-3-12(2,7-15)11(16)8-4-9(13)6-10(14)5-8/h4-6,11,16H,3H2,1-2H3. The first kappa shape index (κ1) is 12.6. The summed E-state index contributed by atoms with van der Waals surface area (Å²) in [4.78, 5) is 0. The molecule has 0 fully saturated rings. The summed E-state index contributed by atoms with van der Waals surface area (Å²) in [6, 6.07) is 4.78. The Labute approximate surface area is 93.1 Å². The van der Waals surface area contributed by atoms with E-state index in [1.54, 1.807) is 13.8 Å². The lowest BCUT2D eigenvalue weighted by molar-refractivity contribution is 0.0716. The number of halogens is 2. The van der Waals surface area contributed by atoms with Crippen molar-refractivity contribution in [1.29, 1.82) is 5.26 Å². The molecule has 1 aromatic carbocycles. The summed E-state index contributed by atoms with van der Waals surface area (Å²) in [6.45, 7) is 3.29. The molecular formula is C12H13F2NO. The zero-order valence-corrected chi connectivity index (χ0v) is 9.17. The number of hydrogen-bond donors (Lipinski definition) is 1. The predicted molar refractivity (Wildman–Crippen MR) is 55.3 cm³/mol. The molecule has 0 heterocycles. The SMILES string of the molecule is CCC(C)(C#N)C(O)c1cc(F)cc(F)c1. The molecule has 0 aromatic heterocycles. The van der Waals surface area contributed by atoms with Gasteiger partial charge in [0.2, 0.25) is 0 Å². The Bertz CT molecular complexity index is 407. The first-order valence-electron chi connectivity index (χ1n) is 4.98. The molecule has 2 unspecified atom stereocenters. The van der Waals surface area contributed by atoms with Crippen LogP contribution < -0.4 is 0 Å². The number of aliphatic hydroxyl groups is 1. The van der Waals surface area contributed by atoms with E-state index in [4.69, 9.17) is 5.26 Å². The molecule has 0 aliphatic heterocycles. The summed E-state index contributed by atoms with van der Waals surface area (Å²) in [7, 11) is 0. The Morgan fingerprint density at radius 1 is 1.38 bits per heavy atom. The van der Waals surface area contributed by atoms with Gasteiger partial charge in [0.15, 0.2) is 0 Å². The lowest BCUT2D eigenvalue weighted by Gasteiger charge is -2.26. The van der Waals surface area contributed by atoms with Crippen LogP contribution in [0.1, 0.15) is 31.9 Å². The van der Waals surface area contributed by atoms with Crippen LogP contribution in [-0.2, 0) is 0 Å². The second-order valence-corrected chi connectivity index (χ2v) is 3.99. The lowest BCUT2D eigenvalue weighted by atomic mass is 9.80. The fraction of sp³-hybridized carbons (Fsp3) is 0.417. The molecule has 1 rings (SSSR count). The molecule has 0 bridgehead atoms. The normalized spacial score (nSPS) is 16.2. The Balaban J connectivity index is 3.14. The minimum absolute atomic E-state index is 0.0865. The van der Waals surface area contributed by atoms with E-state index in [2.05, 4.69) is 0 Å². The minimum atomic E-state index is -1.20. The molecule has 0 radical (unpaired) electrons. The first-order chi connectivity index (χ1) is 7.42. The van der Waals surface area contributed by atoms with E-state index in [1.807, 2.05) is 6.07 Å². The van der Waals surface area contributed by atoms with Gasteiger partial charge in [0, 0.05) is 6.07 Å². The molecule has 16 heavy (non-hydrogen) atoms. The maximum Gasteiger partial charge on any atom is 0.126 e. The topological polar surface area (TPSA) is 44.0 Å². The second-order valence-electron chi connectivity index (χ2n) is 3.99. The Morgan fingerprint density at radius 2 is 1.88 bits per heavy atom. The zero-order chi connectivity index (χ0) is 12.3.